The lowest BCUT2D eigenvalue weighted by Crippen LogP contribution is -1.91. The number of phosphoric acid groups is 2. The second-order valence-electron chi connectivity index (χ2n) is 1.73. The van der Waals surface area contributed by atoms with Crippen molar-refractivity contribution in [2.75, 3.05) is 0 Å². The molecular formula is H6O11P4. The van der Waals surface area contributed by atoms with Crippen molar-refractivity contribution in [1.82, 2.24) is 0 Å². The molecule has 0 bridgehead atoms. The Morgan fingerprint density at radius 1 is 0.933 bits per heavy atom. The monoisotopic (exact) mass is 306 g/mol. The Kier molecular flexibility index (Phi) is 6.06. The van der Waals surface area contributed by atoms with Crippen LogP contribution in [0.15, 0.2) is 0 Å². The molecule has 2 unspecified atom stereocenters. The van der Waals surface area contributed by atoms with E-state index in [-0.39, 0.29) is 0 Å². The van der Waals surface area contributed by atoms with E-state index in [1.807, 2.05) is 0 Å². The fraction of sp³-hybridized carbons (Fsp3) is 0. The minimum Gasteiger partial charge on any atom is -0.326 e. The van der Waals surface area contributed by atoms with Gasteiger partial charge in [0.15, 0.2) is 0 Å². The molecule has 0 aromatic rings. The van der Waals surface area contributed by atoms with Crippen LogP contribution in [0.3, 0.4) is 0 Å². The summed E-state index contributed by atoms with van der Waals surface area (Å²) in [6.07, 6.45) is 0. The van der Waals surface area contributed by atoms with Gasteiger partial charge in [0.05, 0.1) is 0 Å². The maximum Gasteiger partial charge on any atom is 0.497 e. The molecular weight excluding hydrogens is 300 g/mol. The first-order valence-electron chi connectivity index (χ1n) is 2.76. The average molecular weight is 306 g/mol. The lowest BCUT2D eigenvalue weighted by molar-refractivity contribution is 0.228. The molecule has 92 valence electrons. The van der Waals surface area contributed by atoms with Gasteiger partial charge in [-0.25, -0.2) is 17.8 Å². The lowest BCUT2D eigenvalue weighted by Gasteiger charge is -2.14. The van der Waals surface area contributed by atoms with E-state index in [2.05, 4.69) is 12.9 Å². The molecule has 0 aromatic carbocycles. The van der Waals surface area contributed by atoms with E-state index in [1.165, 1.54) is 0 Å². The zero-order valence-electron chi connectivity index (χ0n) is 6.54. The first-order valence-corrected chi connectivity index (χ1v) is 8.28. The molecule has 0 fully saturated rings. The minimum absolute atomic E-state index is 3.36. The van der Waals surface area contributed by atoms with Crippen LogP contribution in [0.2, 0.25) is 0 Å². The van der Waals surface area contributed by atoms with Crippen LogP contribution >= 0.6 is 32.2 Å². The third-order valence-corrected chi connectivity index (χ3v) is 5.28. The summed E-state index contributed by atoms with van der Waals surface area (Å²) in [5.41, 5.74) is 0. The molecule has 11 nitrogen and oxygen atoms in total. The fourth-order valence-corrected chi connectivity index (χ4v) is 4.30. The maximum absolute atomic E-state index is 11.0. The van der Waals surface area contributed by atoms with Crippen LogP contribution in [0.1, 0.15) is 0 Å². The van der Waals surface area contributed by atoms with Gasteiger partial charge >= 0.3 is 32.2 Å². The van der Waals surface area contributed by atoms with Crippen LogP contribution in [0.5, 0.6) is 0 Å². The highest BCUT2D eigenvalue weighted by molar-refractivity contribution is 7.67. The molecule has 0 aliphatic rings. The topological polar surface area (TPSA) is 177 Å². The fourth-order valence-electron chi connectivity index (χ4n) is 0.374. The summed E-state index contributed by atoms with van der Waals surface area (Å²) in [6.45, 7) is 0. The van der Waals surface area contributed by atoms with Crippen LogP contribution in [0, 0.1) is 0 Å². The number of hydrogen-bond donors (Lipinski definition) is 4. The molecule has 0 heterocycles. The van der Waals surface area contributed by atoms with Crippen LogP contribution in [-0.2, 0) is 31.2 Å². The Morgan fingerprint density at radius 2 is 1.27 bits per heavy atom. The molecule has 0 aromatic heterocycles. The van der Waals surface area contributed by atoms with Crippen LogP contribution in [0.25, 0.3) is 0 Å². The second kappa shape index (κ2) is 5.82. The van der Waals surface area contributed by atoms with Crippen molar-refractivity contribution in [3.63, 3.8) is 0 Å². The van der Waals surface area contributed by atoms with E-state index in [0.29, 0.717) is 0 Å². The van der Waals surface area contributed by atoms with Crippen molar-refractivity contribution in [2.24, 2.45) is 0 Å². The van der Waals surface area contributed by atoms with Crippen molar-refractivity contribution < 1.29 is 50.8 Å². The van der Waals surface area contributed by atoms with Crippen molar-refractivity contribution in [1.29, 1.82) is 0 Å². The summed E-state index contributed by atoms with van der Waals surface area (Å²) in [4.78, 5) is 32.7. The van der Waals surface area contributed by atoms with Gasteiger partial charge in [-0.2, -0.15) is 4.31 Å². The predicted molar refractivity (Wildman–Crippen MR) is 45.3 cm³/mol. The molecule has 2 atom stereocenters. The summed E-state index contributed by atoms with van der Waals surface area (Å²) in [7, 11) is -18.5. The summed E-state index contributed by atoms with van der Waals surface area (Å²) < 4.78 is 51.8. The van der Waals surface area contributed by atoms with Gasteiger partial charge in [-0.15, -0.1) is 0 Å². The van der Waals surface area contributed by atoms with E-state index >= 15 is 0 Å². The molecule has 0 radical (unpaired) electrons. The van der Waals surface area contributed by atoms with Crippen molar-refractivity contribution >= 4 is 32.2 Å². The first-order chi connectivity index (χ1) is 6.54. The summed E-state index contributed by atoms with van der Waals surface area (Å²) in [6, 6.07) is 0. The molecule has 0 rings (SSSR count). The Balaban J connectivity index is 4.86. The van der Waals surface area contributed by atoms with E-state index in [4.69, 9.17) is 19.6 Å². The molecule has 0 spiro atoms. The predicted octanol–water partition coefficient (Wildman–Crippen LogP) is 0.00100. The standard InChI is InChI=1S/H6O11P4/c1-12(2)9-15(8,10-13(3)4)11-14(5,6)7/h12-13H,(H,1,2)(H,3,4)(H2,5,6,7). The number of hydrogen-bond acceptors (Lipinski definition) is 7. The Hall–Kier alpha value is 0.640. The molecule has 0 aliphatic heterocycles. The maximum atomic E-state index is 11.0. The third kappa shape index (κ3) is 8.45. The van der Waals surface area contributed by atoms with Gasteiger partial charge in [0.1, 0.15) is 0 Å². The Morgan fingerprint density at radius 3 is 1.47 bits per heavy atom. The van der Waals surface area contributed by atoms with Gasteiger partial charge in [-0.05, 0) is 0 Å². The highest BCUT2D eigenvalue weighted by Crippen LogP contribution is 2.67. The lowest BCUT2D eigenvalue weighted by atomic mass is 15.7. The van der Waals surface area contributed by atoms with Crippen LogP contribution in [0.4, 0.5) is 0 Å². The quantitative estimate of drug-likeness (QED) is 0.485. The second-order valence-corrected chi connectivity index (χ2v) is 6.79. The number of rotatable bonds is 6. The Labute approximate surface area is 83.7 Å². The molecule has 15 heteroatoms. The highest BCUT2D eigenvalue weighted by atomic mass is 31.3. The molecule has 0 aliphatic carbocycles. The van der Waals surface area contributed by atoms with E-state index < -0.39 is 32.2 Å². The molecule has 15 heavy (non-hydrogen) atoms. The van der Waals surface area contributed by atoms with Crippen molar-refractivity contribution in [2.45, 2.75) is 0 Å². The largest absolute Gasteiger partial charge is 0.497 e. The van der Waals surface area contributed by atoms with Gasteiger partial charge < -0.3 is 19.6 Å². The first kappa shape index (κ1) is 15.6. The van der Waals surface area contributed by atoms with Gasteiger partial charge in [-0.1, -0.05) is 0 Å². The van der Waals surface area contributed by atoms with Crippen LogP contribution < -0.4 is 0 Å². The summed E-state index contributed by atoms with van der Waals surface area (Å²) in [5.74, 6) is 0. The molecule has 4 N–H and O–H groups in total. The summed E-state index contributed by atoms with van der Waals surface area (Å²) >= 11 is 0. The molecule has 0 saturated carbocycles. The smallest absolute Gasteiger partial charge is 0.326 e. The van der Waals surface area contributed by atoms with Crippen LogP contribution in [-0.4, -0.2) is 19.6 Å². The van der Waals surface area contributed by atoms with Crippen molar-refractivity contribution in [3.8, 4) is 0 Å². The summed E-state index contributed by atoms with van der Waals surface area (Å²) in [5, 5.41) is 0. The third-order valence-electron chi connectivity index (χ3n) is 0.586. The van der Waals surface area contributed by atoms with Gasteiger partial charge in [0, 0.05) is 0 Å². The zero-order chi connectivity index (χ0) is 12.3. The van der Waals surface area contributed by atoms with E-state index in [1.54, 1.807) is 0 Å². The van der Waals surface area contributed by atoms with Gasteiger partial charge in [0.2, 0.25) is 0 Å². The zero-order valence-corrected chi connectivity index (χ0v) is 10.3. The van der Waals surface area contributed by atoms with Crippen molar-refractivity contribution in [3.05, 3.63) is 0 Å². The van der Waals surface area contributed by atoms with Gasteiger partial charge in [0.25, 0.3) is 0 Å². The SMILES string of the molecule is O=[PH](O)OP(=O)(O[PH](=O)O)OP(=O)(O)O. The molecule has 0 amide bonds. The van der Waals surface area contributed by atoms with E-state index in [0.717, 1.165) is 0 Å². The van der Waals surface area contributed by atoms with Gasteiger partial charge in [-0.3, -0.25) is 9.13 Å². The molecule has 0 saturated heterocycles. The highest BCUT2D eigenvalue weighted by Gasteiger charge is 2.39. The minimum atomic E-state index is -5.38. The Bertz CT molecular complexity index is 326. The van der Waals surface area contributed by atoms with E-state index in [9.17, 15) is 18.3 Å². The normalized spacial score (nSPS) is 20.5. The average Bonchev–Trinajstić information content (AvgIpc) is 1.73.